The second kappa shape index (κ2) is 7.19. The number of benzene rings is 1. The van der Waals surface area contributed by atoms with E-state index in [1.54, 1.807) is 0 Å². The number of halogens is 1. The number of tetrazole rings is 1. The molecule has 1 saturated carbocycles. The summed E-state index contributed by atoms with van der Waals surface area (Å²) in [7, 11) is 0. The van der Waals surface area contributed by atoms with Crippen LogP contribution < -0.4 is 0 Å². The fourth-order valence-electron chi connectivity index (χ4n) is 4.01. The van der Waals surface area contributed by atoms with Crippen LogP contribution in [0.1, 0.15) is 57.3 Å². The highest BCUT2D eigenvalue weighted by Crippen LogP contribution is 2.41. The lowest BCUT2D eigenvalue weighted by Crippen LogP contribution is -2.49. The molecule has 1 aliphatic carbocycles. The SMILES string of the molecule is CCN(CC)C1(c2nnnn2-c2ccc(C)c(Cl)c2)CCCCC1. The maximum Gasteiger partial charge on any atom is 0.176 e. The number of aromatic nitrogens is 4. The van der Waals surface area contributed by atoms with Gasteiger partial charge in [-0.3, -0.25) is 4.90 Å². The van der Waals surface area contributed by atoms with Gasteiger partial charge in [-0.25, -0.2) is 0 Å². The number of hydrogen-bond acceptors (Lipinski definition) is 4. The van der Waals surface area contributed by atoms with Gasteiger partial charge in [0.05, 0.1) is 11.2 Å². The summed E-state index contributed by atoms with van der Waals surface area (Å²) in [4.78, 5) is 2.52. The molecule has 0 saturated heterocycles. The van der Waals surface area contributed by atoms with Gasteiger partial charge in [-0.15, -0.1) is 5.10 Å². The zero-order valence-corrected chi connectivity index (χ0v) is 15.6. The Kier molecular flexibility index (Phi) is 5.21. The molecule has 1 heterocycles. The number of nitrogens with zero attached hydrogens (tertiary/aromatic N) is 5. The van der Waals surface area contributed by atoms with Crippen molar-refractivity contribution in [3.8, 4) is 5.69 Å². The monoisotopic (exact) mass is 347 g/mol. The number of aryl methyl sites for hydroxylation is 1. The van der Waals surface area contributed by atoms with Crippen molar-refractivity contribution in [3.63, 3.8) is 0 Å². The van der Waals surface area contributed by atoms with Gasteiger partial charge in [0.2, 0.25) is 0 Å². The van der Waals surface area contributed by atoms with Crippen LogP contribution in [-0.2, 0) is 5.54 Å². The molecule has 5 nitrogen and oxygen atoms in total. The Morgan fingerprint density at radius 3 is 2.50 bits per heavy atom. The van der Waals surface area contributed by atoms with Gasteiger partial charge in [0.1, 0.15) is 0 Å². The lowest BCUT2D eigenvalue weighted by molar-refractivity contribution is 0.0463. The van der Waals surface area contributed by atoms with Crippen molar-refractivity contribution >= 4 is 11.6 Å². The fraction of sp³-hybridized carbons (Fsp3) is 0.611. The minimum Gasteiger partial charge on any atom is -0.291 e. The minimum atomic E-state index is -0.0807. The van der Waals surface area contributed by atoms with Crippen LogP contribution in [0.15, 0.2) is 18.2 Å². The Labute approximate surface area is 149 Å². The topological polar surface area (TPSA) is 46.8 Å². The second-order valence-electron chi connectivity index (χ2n) is 6.61. The molecule has 2 aromatic rings. The Morgan fingerprint density at radius 1 is 1.17 bits per heavy atom. The molecule has 0 unspecified atom stereocenters. The van der Waals surface area contributed by atoms with Gasteiger partial charge in [-0.05, 0) is 61.0 Å². The van der Waals surface area contributed by atoms with Crippen molar-refractivity contribution in [3.05, 3.63) is 34.6 Å². The fourth-order valence-corrected chi connectivity index (χ4v) is 4.19. The molecule has 1 fully saturated rings. The molecule has 0 bridgehead atoms. The van der Waals surface area contributed by atoms with Crippen molar-refractivity contribution in [2.75, 3.05) is 13.1 Å². The summed E-state index contributed by atoms with van der Waals surface area (Å²) in [5.74, 6) is 0.950. The largest absolute Gasteiger partial charge is 0.291 e. The summed E-state index contributed by atoms with van der Waals surface area (Å²) in [6.07, 6.45) is 5.94. The van der Waals surface area contributed by atoms with E-state index in [0.29, 0.717) is 0 Å². The third-order valence-electron chi connectivity index (χ3n) is 5.34. The van der Waals surface area contributed by atoms with Gasteiger partial charge in [0, 0.05) is 5.02 Å². The van der Waals surface area contributed by atoms with Gasteiger partial charge < -0.3 is 0 Å². The lowest BCUT2D eigenvalue weighted by atomic mass is 9.79. The molecule has 0 atom stereocenters. The molecule has 1 aromatic heterocycles. The van der Waals surface area contributed by atoms with E-state index in [9.17, 15) is 0 Å². The van der Waals surface area contributed by atoms with Crippen molar-refractivity contribution in [2.24, 2.45) is 0 Å². The van der Waals surface area contributed by atoms with Crippen LogP contribution in [0, 0.1) is 6.92 Å². The van der Waals surface area contributed by atoms with Crippen molar-refractivity contribution in [2.45, 2.75) is 58.4 Å². The predicted molar refractivity (Wildman–Crippen MR) is 96.6 cm³/mol. The van der Waals surface area contributed by atoms with Crippen LogP contribution in [0.2, 0.25) is 5.02 Å². The zero-order valence-electron chi connectivity index (χ0n) is 14.8. The predicted octanol–water partition coefficient (Wildman–Crippen LogP) is 4.13. The first kappa shape index (κ1) is 17.4. The highest BCUT2D eigenvalue weighted by atomic mass is 35.5. The second-order valence-corrected chi connectivity index (χ2v) is 7.02. The smallest absolute Gasteiger partial charge is 0.176 e. The minimum absolute atomic E-state index is 0.0807. The highest BCUT2D eigenvalue weighted by Gasteiger charge is 2.43. The Morgan fingerprint density at radius 2 is 1.88 bits per heavy atom. The van der Waals surface area contributed by atoms with E-state index in [4.69, 9.17) is 11.6 Å². The Balaban J connectivity index is 2.10. The average Bonchev–Trinajstić information content (AvgIpc) is 3.09. The highest BCUT2D eigenvalue weighted by molar-refractivity contribution is 6.31. The standard InChI is InChI=1S/C18H26ClN5/c1-4-23(5-2)18(11-7-6-8-12-18)17-20-21-22-24(17)15-10-9-14(3)16(19)13-15/h9-10,13H,4-8,11-12H2,1-3H3. The average molecular weight is 348 g/mol. The molecule has 24 heavy (non-hydrogen) atoms. The maximum absolute atomic E-state index is 6.33. The van der Waals surface area contributed by atoms with E-state index in [0.717, 1.165) is 48.0 Å². The number of rotatable bonds is 5. The van der Waals surface area contributed by atoms with Crippen LogP contribution in [0.4, 0.5) is 0 Å². The zero-order chi connectivity index (χ0) is 17.2. The van der Waals surface area contributed by atoms with Gasteiger partial charge >= 0.3 is 0 Å². The first-order valence-corrected chi connectivity index (χ1v) is 9.30. The van der Waals surface area contributed by atoms with E-state index in [1.807, 2.05) is 29.8 Å². The molecule has 0 aliphatic heterocycles. The number of hydrogen-bond donors (Lipinski definition) is 0. The van der Waals surface area contributed by atoms with Crippen molar-refractivity contribution in [1.82, 2.24) is 25.1 Å². The summed E-state index contributed by atoms with van der Waals surface area (Å²) < 4.78 is 1.88. The van der Waals surface area contributed by atoms with Crippen LogP contribution in [-0.4, -0.2) is 38.2 Å². The van der Waals surface area contributed by atoms with Gasteiger partial charge in [-0.2, -0.15) is 4.68 Å². The normalized spacial score (nSPS) is 17.4. The van der Waals surface area contributed by atoms with Gasteiger partial charge in [-0.1, -0.05) is 50.8 Å². The van der Waals surface area contributed by atoms with Crippen LogP contribution in [0.25, 0.3) is 5.69 Å². The van der Waals surface area contributed by atoms with E-state index in [1.165, 1.54) is 19.3 Å². The molecule has 1 aromatic carbocycles. The first-order valence-electron chi connectivity index (χ1n) is 8.93. The van der Waals surface area contributed by atoms with Gasteiger partial charge in [0.15, 0.2) is 5.82 Å². The third kappa shape index (κ3) is 2.95. The van der Waals surface area contributed by atoms with Crippen LogP contribution >= 0.6 is 11.6 Å². The summed E-state index contributed by atoms with van der Waals surface area (Å²) in [6.45, 7) is 8.44. The Bertz CT molecular complexity index is 686. The summed E-state index contributed by atoms with van der Waals surface area (Å²) in [5, 5.41) is 13.5. The maximum atomic E-state index is 6.33. The lowest BCUT2D eigenvalue weighted by Gasteiger charge is -2.44. The molecular weight excluding hydrogens is 322 g/mol. The van der Waals surface area contributed by atoms with Crippen molar-refractivity contribution in [1.29, 1.82) is 0 Å². The summed E-state index contributed by atoms with van der Waals surface area (Å²) >= 11 is 6.33. The van der Waals surface area contributed by atoms with Crippen LogP contribution in [0.3, 0.4) is 0 Å². The molecule has 0 amide bonds. The van der Waals surface area contributed by atoms with Crippen molar-refractivity contribution < 1.29 is 0 Å². The summed E-state index contributed by atoms with van der Waals surface area (Å²) in [5.41, 5.74) is 1.91. The molecule has 0 N–H and O–H groups in total. The van der Waals surface area contributed by atoms with E-state index >= 15 is 0 Å². The molecule has 0 spiro atoms. The molecule has 130 valence electrons. The van der Waals surface area contributed by atoms with E-state index in [2.05, 4.69) is 34.3 Å². The van der Waals surface area contributed by atoms with Crippen LogP contribution in [0.5, 0.6) is 0 Å². The van der Waals surface area contributed by atoms with E-state index < -0.39 is 0 Å². The van der Waals surface area contributed by atoms with Gasteiger partial charge in [0.25, 0.3) is 0 Å². The summed E-state index contributed by atoms with van der Waals surface area (Å²) in [6, 6.07) is 6.02. The first-order chi connectivity index (χ1) is 11.6. The van der Waals surface area contributed by atoms with E-state index in [-0.39, 0.29) is 5.54 Å². The quantitative estimate of drug-likeness (QED) is 0.816. The Hall–Kier alpha value is -1.46. The third-order valence-corrected chi connectivity index (χ3v) is 5.74. The molecule has 0 radical (unpaired) electrons. The molecular formula is C18H26ClN5. The molecule has 6 heteroatoms. The molecule has 1 aliphatic rings. The molecule has 3 rings (SSSR count).